The molecule has 0 atom stereocenters. The number of halogens is 6. The number of pyridine rings is 2. The molecule has 0 aliphatic heterocycles. The largest absolute Gasteiger partial charge is 0.573 e. The minimum Gasteiger partial charge on any atom is -0.406 e. The lowest BCUT2D eigenvalue weighted by Gasteiger charge is -2.17. The Morgan fingerprint density at radius 2 is 1.67 bits per heavy atom. The molecule has 3 rings (SSSR count). The molecule has 33 heavy (non-hydrogen) atoms. The minimum atomic E-state index is -5.07. The van der Waals surface area contributed by atoms with Crippen molar-refractivity contribution in [1.29, 1.82) is 0 Å². The molecule has 0 aliphatic rings. The lowest BCUT2D eigenvalue weighted by Crippen LogP contribution is -2.18. The summed E-state index contributed by atoms with van der Waals surface area (Å²) in [4.78, 5) is 7.37. The van der Waals surface area contributed by atoms with Gasteiger partial charge in [0.2, 0.25) is 0 Å². The van der Waals surface area contributed by atoms with Gasteiger partial charge in [0.05, 0.1) is 11.3 Å². The van der Waals surface area contributed by atoms with Crippen molar-refractivity contribution < 1.29 is 39.5 Å². The van der Waals surface area contributed by atoms with Gasteiger partial charge >= 0.3 is 12.5 Å². The van der Waals surface area contributed by atoms with E-state index in [0.29, 0.717) is 6.07 Å². The Morgan fingerprint density at radius 1 is 0.970 bits per heavy atom. The maximum atomic E-state index is 13.6. The molecule has 2 aromatic heterocycles. The number of nitrogens with zero attached hydrogens (tertiary/aromatic N) is 2. The fourth-order valence-corrected chi connectivity index (χ4v) is 3.75. The van der Waals surface area contributed by atoms with Crippen molar-refractivity contribution in [1.82, 2.24) is 9.97 Å². The minimum absolute atomic E-state index is 0.115. The third-order valence-corrected chi connectivity index (χ3v) is 5.41. The van der Waals surface area contributed by atoms with Crippen LogP contribution in [0.5, 0.6) is 5.75 Å². The third kappa shape index (κ3) is 5.83. The summed E-state index contributed by atoms with van der Waals surface area (Å²) in [6.45, 7) is 1.35. The zero-order chi connectivity index (χ0) is 24.6. The number of nitrogens with one attached hydrogen (secondary N) is 1. The van der Waals surface area contributed by atoms with Crippen LogP contribution in [0.25, 0.3) is 11.3 Å². The first-order chi connectivity index (χ1) is 15.2. The van der Waals surface area contributed by atoms with Crippen LogP contribution in [-0.4, -0.2) is 24.7 Å². The molecule has 176 valence electrons. The number of alkyl halides is 6. The molecule has 3 aromatic rings. The molecule has 2 heterocycles. The van der Waals surface area contributed by atoms with Crippen molar-refractivity contribution in [2.75, 3.05) is 10.5 Å². The first-order valence-corrected chi connectivity index (χ1v) is 10.3. The highest BCUT2D eigenvalue weighted by molar-refractivity contribution is 7.92. The number of anilines is 2. The second-order valence-electron chi connectivity index (χ2n) is 6.62. The molecule has 7 nitrogen and oxygen atoms in total. The second-order valence-corrected chi connectivity index (χ2v) is 8.25. The van der Waals surface area contributed by atoms with Gasteiger partial charge in [0.15, 0.2) is 5.03 Å². The molecule has 1 aromatic carbocycles. The Labute approximate surface area is 183 Å². The third-order valence-electron chi connectivity index (χ3n) is 4.16. The fraction of sp³-hybridized carbons (Fsp3) is 0.158. The number of hydrogen-bond donors (Lipinski definition) is 2. The number of benzene rings is 1. The molecule has 0 aliphatic carbocycles. The van der Waals surface area contributed by atoms with E-state index >= 15 is 0 Å². The highest BCUT2D eigenvalue weighted by Gasteiger charge is 2.36. The van der Waals surface area contributed by atoms with Crippen molar-refractivity contribution >= 4 is 21.7 Å². The number of nitrogens with two attached hydrogens (primary N) is 1. The molecule has 3 N–H and O–H groups in total. The van der Waals surface area contributed by atoms with E-state index in [4.69, 9.17) is 5.73 Å². The summed E-state index contributed by atoms with van der Waals surface area (Å²) >= 11 is 0. The first-order valence-electron chi connectivity index (χ1n) is 8.86. The predicted octanol–water partition coefficient (Wildman–Crippen LogP) is 4.75. The van der Waals surface area contributed by atoms with E-state index in [1.807, 2.05) is 4.72 Å². The number of nitrogen functional groups attached to an aromatic ring is 1. The lowest BCUT2D eigenvalue weighted by atomic mass is 10.0. The topological polar surface area (TPSA) is 107 Å². The first kappa shape index (κ1) is 24.1. The quantitative estimate of drug-likeness (QED) is 0.498. The Hall–Kier alpha value is -3.55. The standard InChI is InChI=1S/C19H14F6N4O3S/c1-10-5-6-11(32-19(23,24)25)9-12(10)17-13(18(20,21)22)7-8-15(28-17)29-33(30,31)16-4-2-3-14(26)27-16/h2-9H,1H3,(H2,26,27)(H,28,29). The number of rotatable bonds is 5. The van der Waals surface area contributed by atoms with E-state index in [-0.39, 0.29) is 16.9 Å². The summed E-state index contributed by atoms with van der Waals surface area (Å²) in [6.07, 6.45) is -10.0. The summed E-state index contributed by atoms with van der Waals surface area (Å²) in [5, 5.41) is -0.512. The van der Waals surface area contributed by atoms with E-state index in [1.165, 1.54) is 19.1 Å². The summed E-state index contributed by atoms with van der Waals surface area (Å²) in [5.41, 5.74) is 3.16. The molecule has 0 spiro atoms. The molecule has 0 unspecified atom stereocenters. The van der Waals surface area contributed by atoms with Crippen molar-refractivity contribution in [3.8, 4) is 17.0 Å². The van der Waals surface area contributed by atoms with E-state index in [1.54, 1.807) is 0 Å². The van der Waals surface area contributed by atoms with Crippen LogP contribution >= 0.6 is 0 Å². The van der Waals surface area contributed by atoms with Crippen LogP contribution < -0.4 is 15.2 Å². The van der Waals surface area contributed by atoms with E-state index < -0.39 is 50.4 Å². The van der Waals surface area contributed by atoms with Gasteiger partial charge in [-0.1, -0.05) is 12.1 Å². The van der Waals surface area contributed by atoms with Gasteiger partial charge in [0.25, 0.3) is 10.0 Å². The number of aromatic nitrogens is 2. The molecule has 0 amide bonds. The van der Waals surface area contributed by atoms with Crippen LogP contribution in [0.15, 0.2) is 53.6 Å². The van der Waals surface area contributed by atoms with Gasteiger partial charge in [-0.15, -0.1) is 13.2 Å². The molecular weight excluding hydrogens is 478 g/mol. The van der Waals surface area contributed by atoms with Crippen LogP contribution in [0, 0.1) is 6.92 Å². The Bertz CT molecular complexity index is 1290. The predicted molar refractivity (Wildman–Crippen MR) is 106 cm³/mol. The smallest absolute Gasteiger partial charge is 0.406 e. The number of ether oxygens (including phenoxy) is 1. The molecule has 0 radical (unpaired) electrons. The molecule has 0 saturated heterocycles. The number of sulfonamides is 1. The van der Waals surface area contributed by atoms with E-state index in [0.717, 1.165) is 30.3 Å². The number of aryl methyl sites for hydroxylation is 1. The van der Waals surface area contributed by atoms with Crippen LogP contribution in [0.4, 0.5) is 38.0 Å². The van der Waals surface area contributed by atoms with Gasteiger partial charge in [-0.3, -0.25) is 4.72 Å². The number of hydrogen-bond acceptors (Lipinski definition) is 6. The Morgan fingerprint density at radius 3 is 2.27 bits per heavy atom. The zero-order valence-electron chi connectivity index (χ0n) is 16.5. The summed E-state index contributed by atoms with van der Waals surface area (Å²) in [6, 6.07) is 7.84. The van der Waals surface area contributed by atoms with Crippen molar-refractivity contribution in [3.63, 3.8) is 0 Å². The summed E-state index contributed by atoms with van der Waals surface area (Å²) < 4.78 is 109. The van der Waals surface area contributed by atoms with Crippen LogP contribution in [0.2, 0.25) is 0 Å². The van der Waals surface area contributed by atoms with E-state index in [9.17, 15) is 34.8 Å². The Balaban J connectivity index is 2.12. The van der Waals surface area contributed by atoms with Gasteiger partial charge in [-0.05, 0) is 48.9 Å². The molecule has 0 bridgehead atoms. The maximum absolute atomic E-state index is 13.6. The average molecular weight is 492 g/mol. The average Bonchev–Trinajstić information content (AvgIpc) is 2.67. The Kier molecular flexibility index (Phi) is 6.15. The molecule has 0 saturated carbocycles. The van der Waals surface area contributed by atoms with Crippen molar-refractivity contribution in [2.45, 2.75) is 24.5 Å². The van der Waals surface area contributed by atoms with Gasteiger partial charge < -0.3 is 10.5 Å². The molecule has 14 heteroatoms. The van der Waals surface area contributed by atoms with Crippen LogP contribution in [0.3, 0.4) is 0 Å². The van der Waals surface area contributed by atoms with Crippen molar-refractivity contribution in [2.24, 2.45) is 0 Å². The highest BCUT2D eigenvalue weighted by Crippen LogP contribution is 2.39. The molecular formula is C19H14F6N4O3S. The van der Waals surface area contributed by atoms with Gasteiger partial charge in [0, 0.05) is 5.56 Å². The van der Waals surface area contributed by atoms with Crippen LogP contribution in [-0.2, 0) is 16.2 Å². The van der Waals surface area contributed by atoms with Gasteiger partial charge in [0.1, 0.15) is 17.4 Å². The summed E-state index contributed by atoms with van der Waals surface area (Å²) in [7, 11) is -4.38. The zero-order valence-corrected chi connectivity index (χ0v) is 17.3. The monoisotopic (exact) mass is 492 g/mol. The van der Waals surface area contributed by atoms with Crippen LogP contribution in [0.1, 0.15) is 11.1 Å². The van der Waals surface area contributed by atoms with Gasteiger partial charge in [-0.2, -0.15) is 21.6 Å². The normalized spacial score (nSPS) is 12.5. The lowest BCUT2D eigenvalue weighted by molar-refractivity contribution is -0.274. The fourth-order valence-electron chi connectivity index (χ4n) is 2.77. The SMILES string of the molecule is Cc1ccc(OC(F)(F)F)cc1-c1nc(NS(=O)(=O)c2cccc(N)n2)ccc1C(F)(F)F. The van der Waals surface area contributed by atoms with E-state index in [2.05, 4.69) is 14.7 Å². The maximum Gasteiger partial charge on any atom is 0.573 e. The molecule has 0 fully saturated rings. The van der Waals surface area contributed by atoms with Crippen molar-refractivity contribution in [3.05, 3.63) is 59.7 Å². The van der Waals surface area contributed by atoms with Gasteiger partial charge in [-0.25, -0.2) is 9.97 Å². The summed E-state index contributed by atoms with van der Waals surface area (Å²) in [5.74, 6) is -1.41. The second kappa shape index (κ2) is 8.42. The highest BCUT2D eigenvalue weighted by atomic mass is 32.2.